The van der Waals surface area contributed by atoms with Gasteiger partial charge in [0, 0.05) is 17.5 Å². The Labute approximate surface area is 133 Å². The summed E-state index contributed by atoms with van der Waals surface area (Å²) in [6.07, 6.45) is 0.195. The zero-order chi connectivity index (χ0) is 16.6. The molecule has 0 N–H and O–H groups in total. The quantitative estimate of drug-likeness (QED) is 0.735. The van der Waals surface area contributed by atoms with E-state index in [0.717, 1.165) is 12.0 Å². The van der Waals surface area contributed by atoms with Gasteiger partial charge in [0.2, 0.25) is 5.78 Å². The highest BCUT2D eigenvalue weighted by Gasteiger charge is 2.69. The molecule has 1 aliphatic heterocycles. The van der Waals surface area contributed by atoms with E-state index >= 15 is 0 Å². The number of piperidine rings is 1. The van der Waals surface area contributed by atoms with E-state index in [-0.39, 0.29) is 11.6 Å². The van der Waals surface area contributed by atoms with E-state index in [1.165, 1.54) is 4.90 Å². The zero-order valence-electron chi connectivity index (χ0n) is 13.4. The standard InChI is InChI=1S/C18H18FNO3/c1-17(2,3)23-16(22)20-9-10-8-18(10)12-7-5-4-6-11(12)14(21)13(19)15(18)20/h4-7,10H,8-9H2,1-3H3/t10-,18-/m0/s1. The van der Waals surface area contributed by atoms with Crippen LogP contribution in [0.15, 0.2) is 35.8 Å². The Morgan fingerprint density at radius 2 is 2.04 bits per heavy atom. The first-order valence-electron chi connectivity index (χ1n) is 7.80. The van der Waals surface area contributed by atoms with Gasteiger partial charge in [-0.1, -0.05) is 24.3 Å². The van der Waals surface area contributed by atoms with Crippen LogP contribution in [-0.4, -0.2) is 28.9 Å². The number of allylic oxidation sites excluding steroid dienone is 2. The van der Waals surface area contributed by atoms with E-state index in [1.807, 2.05) is 12.1 Å². The third-order valence-corrected chi connectivity index (χ3v) is 4.87. The third kappa shape index (κ3) is 1.82. The number of benzene rings is 1. The first-order valence-corrected chi connectivity index (χ1v) is 7.80. The van der Waals surface area contributed by atoms with E-state index in [1.54, 1.807) is 32.9 Å². The normalized spacial score (nSPS) is 28.3. The summed E-state index contributed by atoms with van der Waals surface area (Å²) >= 11 is 0. The minimum atomic E-state index is -0.811. The summed E-state index contributed by atoms with van der Waals surface area (Å²) < 4.78 is 20.2. The summed E-state index contributed by atoms with van der Waals surface area (Å²) in [5.41, 5.74) is 0.288. The van der Waals surface area contributed by atoms with Crippen molar-refractivity contribution in [3.63, 3.8) is 0 Å². The first kappa shape index (κ1) is 14.4. The Bertz CT molecular complexity index is 777. The number of Topliss-reactive ketones (excluding diaryl/α,β-unsaturated/α-hetero) is 1. The van der Waals surface area contributed by atoms with E-state index in [0.29, 0.717) is 12.1 Å². The van der Waals surface area contributed by atoms with Crippen LogP contribution in [-0.2, 0) is 10.2 Å². The van der Waals surface area contributed by atoms with Crippen LogP contribution in [0.3, 0.4) is 0 Å². The summed E-state index contributed by atoms with van der Waals surface area (Å²) in [4.78, 5) is 26.1. The fourth-order valence-corrected chi connectivity index (χ4v) is 3.94. The summed E-state index contributed by atoms with van der Waals surface area (Å²) in [7, 11) is 0. The molecule has 4 nitrogen and oxygen atoms in total. The molecule has 0 radical (unpaired) electrons. The number of halogens is 1. The second kappa shape index (κ2) is 4.22. The average molecular weight is 315 g/mol. The fraction of sp³-hybridized carbons (Fsp3) is 0.444. The molecule has 4 rings (SSSR count). The van der Waals surface area contributed by atoms with Crippen LogP contribution in [0.2, 0.25) is 0 Å². The Morgan fingerprint density at radius 3 is 2.74 bits per heavy atom. The van der Waals surface area contributed by atoms with Crippen molar-refractivity contribution in [3.8, 4) is 0 Å². The van der Waals surface area contributed by atoms with Gasteiger partial charge in [-0.25, -0.2) is 9.18 Å². The van der Waals surface area contributed by atoms with Crippen LogP contribution in [0, 0.1) is 5.92 Å². The molecule has 1 aromatic carbocycles. The Hall–Kier alpha value is -2.17. The second-order valence-electron chi connectivity index (χ2n) is 7.50. The van der Waals surface area contributed by atoms with Crippen molar-refractivity contribution in [2.24, 2.45) is 5.92 Å². The third-order valence-electron chi connectivity index (χ3n) is 4.87. The maximum Gasteiger partial charge on any atom is 0.414 e. The molecule has 1 amide bonds. The van der Waals surface area contributed by atoms with Gasteiger partial charge in [0.05, 0.1) is 5.70 Å². The lowest BCUT2D eigenvalue weighted by atomic mass is 9.81. The number of ether oxygens (including phenoxy) is 1. The molecule has 2 atom stereocenters. The lowest BCUT2D eigenvalue weighted by molar-refractivity contribution is 0.0317. The molecule has 1 heterocycles. The van der Waals surface area contributed by atoms with Crippen molar-refractivity contribution in [3.05, 3.63) is 46.9 Å². The van der Waals surface area contributed by atoms with E-state index in [4.69, 9.17) is 4.74 Å². The summed E-state index contributed by atoms with van der Waals surface area (Å²) in [6.45, 7) is 5.70. The van der Waals surface area contributed by atoms with Crippen LogP contribution in [0.4, 0.5) is 9.18 Å². The van der Waals surface area contributed by atoms with Crippen LogP contribution >= 0.6 is 0 Å². The van der Waals surface area contributed by atoms with Gasteiger partial charge >= 0.3 is 6.09 Å². The van der Waals surface area contributed by atoms with Gasteiger partial charge in [-0.05, 0) is 38.7 Å². The topological polar surface area (TPSA) is 46.6 Å². The molecule has 2 aliphatic carbocycles. The molecule has 1 saturated carbocycles. The molecule has 120 valence electrons. The molecule has 1 aromatic rings. The molecule has 23 heavy (non-hydrogen) atoms. The largest absolute Gasteiger partial charge is 0.443 e. The Balaban J connectivity index is 1.80. The highest BCUT2D eigenvalue weighted by Crippen LogP contribution is 2.67. The lowest BCUT2D eigenvalue weighted by Crippen LogP contribution is -2.38. The zero-order valence-corrected chi connectivity index (χ0v) is 13.4. The van der Waals surface area contributed by atoms with E-state index in [9.17, 15) is 14.0 Å². The second-order valence-corrected chi connectivity index (χ2v) is 7.50. The van der Waals surface area contributed by atoms with Gasteiger partial charge in [-0.15, -0.1) is 0 Å². The number of hydrogen-bond acceptors (Lipinski definition) is 3. The van der Waals surface area contributed by atoms with E-state index in [2.05, 4.69) is 0 Å². The highest BCUT2D eigenvalue weighted by atomic mass is 19.1. The van der Waals surface area contributed by atoms with Gasteiger partial charge < -0.3 is 4.74 Å². The number of fused-ring (bicyclic) bond motifs is 1. The molecule has 0 unspecified atom stereocenters. The van der Waals surface area contributed by atoms with Gasteiger partial charge in [0.15, 0.2) is 5.83 Å². The summed E-state index contributed by atoms with van der Waals surface area (Å²) in [6, 6.07) is 7.13. The number of rotatable bonds is 0. The molecule has 2 fully saturated rings. The van der Waals surface area contributed by atoms with Crippen LogP contribution in [0.25, 0.3) is 0 Å². The number of ketones is 1. The van der Waals surface area contributed by atoms with E-state index < -0.39 is 28.7 Å². The van der Waals surface area contributed by atoms with Crippen molar-refractivity contribution >= 4 is 11.9 Å². The number of carbonyl (C=O) groups excluding carboxylic acids is 2. The van der Waals surface area contributed by atoms with Crippen molar-refractivity contribution < 1.29 is 18.7 Å². The van der Waals surface area contributed by atoms with Gasteiger partial charge in [0.1, 0.15) is 5.60 Å². The Morgan fingerprint density at radius 1 is 1.35 bits per heavy atom. The number of hydrogen-bond donors (Lipinski definition) is 0. The molecule has 5 heteroatoms. The van der Waals surface area contributed by atoms with Crippen LogP contribution in [0.1, 0.15) is 43.1 Å². The van der Waals surface area contributed by atoms with Gasteiger partial charge in [-0.2, -0.15) is 0 Å². The molecule has 1 spiro atoms. The summed E-state index contributed by atoms with van der Waals surface area (Å²) in [5.74, 6) is -1.29. The number of likely N-dealkylation sites (tertiary alicyclic amines) is 1. The smallest absolute Gasteiger partial charge is 0.414 e. The minimum Gasteiger partial charge on any atom is -0.443 e. The number of nitrogens with zero attached hydrogens (tertiary/aromatic N) is 1. The molecule has 1 saturated heterocycles. The summed E-state index contributed by atoms with van der Waals surface area (Å²) in [5, 5.41) is 0. The van der Waals surface area contributed by atoms with Gasteiger partial charge in [0.25, 0.3) is 0 Å². The first-order chi connectivity index (χ1) is 10.8. The van der Waals surface area contributed by atoms with Crippen molar-refractivity contribution in [1.82, 2.24) is 4.90 Å². The monoisotopic (exact) mass is 315 g/mol. The molecular weight excluding hydrogens is 297 g/mol. The molecule has 0 bridgehead atoms. The van der Waals surface area contributed by atoms with Crippen molar-refractivity contribution in [2.45, 2.75) is 38.2 Å². The van der Waals surface area contributed by atoms with Crippen LogP contribution < -0.4 is 0 Å². The fourth-order valence-electron chi connectivity index (χ4n) is 3.94. The average Bonchev–Trinajstić information content (AvgIpc) is 3.08. The van der Waals surface area contributed by atoms with Gasteiger partial charge in [-0.3, -0.25) is 9.69 Å². The lowest BCUT2D eigenvalue weighted by Gasteiger charge is -2.31. The van der Waals surface area contributed by atoms with Crippen molar-refractivity contribution in [2.75, 3.05) is 6.54 Å². The highest BCUT2D eigenvalue weighted by molar-refractivity contribution is 6.11. The predicted octanol–water partition coefficient (Wildman–Crippen LogP) is 3.57. The van der Waals surface area contributed by atoms with Crippen LogP contribution in [0.5, 0.6) is 0 Å². The maximum absolute atomic E-state index is 14.8. The SMILES string of the molecule is CC(C)(C)OC(=O)N1C[C@@H]2C[C@]23C1=C(F)C(=O)c1ccccc13. The molecule has 0 aromatic heterocycles. The molecular formula is C18H18FNO3. The predicted molar refractivity (Wildman–Crippen MR) is 81.6 cm³/mol. The minimum absolute atomic E-state index is 0.157. The maximum atomic E-state index is 14.8. The number of carbonyl (C=O) groups is 2. The van der Waals surface area contributed by atoms with Crippen molar-refractivity contribution in [1.29, 1.82) is 0 Å². The Kier molecular flexibility index (Phi) is 2.64. The molecule has 3 aliphatic rings. The number of amides is 1.